The summed E-state index contributed by atoms with van der Waals surface area (Å²) < 4.78 is 0. The van der Waals surface area contributed by atoms with Crippen molar-refractivity contribution in [1.29, 1.82) is 5.41 Å². The van der Waals surface area contributed by atoms with Gasteiger partial charge < -0.3 is 5.32 Å². The monoisotopic (exact) mass is 362 g/mol. The SMILES string of the molecule is N=C(c1ccccc1)c1ccccc1NC(c1ccccc1)c1ccccc1. The molecule has 4 aromatic carbocycles. The van der Waals surface area contributed by atoms with Crippen LogP contribution in [-0.4, -0.2) is 5.71 Å². The van der Waals surface area contributed by atoms with Gasteiger partial charge in [-0.1, -0.05) is 109 Å². The summed E-state index contributed by atoms with van der Waals surface area (Å²) in [6.45, 7) is 0. The second-order valence-electron chi connectivity index (χ2n) is 6.69. The molecule has 28 heavy (non-hydrogen) atoms. The van der Waals surface area contributed by atoms with Crippen molar-refractivity contribution in [2.24, 2.45) is 0 Å². The maximum absolute atomic E-state index is 8.73. The normalized spacial score (nSPS) is 10.6. The van der Waals surface area contributed by atoms with E-state index in [4.69, 9.17) is 5.41 Å². The molecule has 0 unspecified atom stereocenters. The van der Waals surface area contributed by atoms with Gasteiger partial charge >= 0.3 is 0 Å². The van der Waals surface area contributed by atoms with Crippen molar-refractivity contribution >= 4 is 11.4 Å². The molecule has 0 aromatic heterocycles. The van der Waals surface area contributed by atoms with Gasteiger partial charge in [0, 0.05) is 16.8 Å². The van der Waals surface area contributed by atoms with E-state index in [-0.39, 0.29) is 6.04 Å². The third-order valence-electron chi connectivity index (χ3n) is 4.82. The van der Waals surface area contributed by atoms with Crippen molar-refractivity contribution in [2.75, 3.05) is 5.32 Å². The predicted octanol–water partition coefficient (Wildman–Crippen LogP) is 6.30. The van der Waals surface area contributed by atoms with E-state index in [0.29, 0.717) is 5.71 Å². The summed E-state index contributed by atoms with van der Waals surface area (Å²) in [7, 11) is 0. The Kier molecular flexibility index (Phi) is 5.30. The minimum absolute atomic E-state index is 0.00660. The molecule has 0 aliphatic heterocycles. The van der Waals surface area contributed by atoms with Crippen LogP contribution in [0.15, 0.2) is 115 Å². The molecule has 2 nitrogen and oxygen atoms in total. The molecule has 136 valence electrons. The fraction of sp³-hybridized carbons (Fsp3) is 0.0385. The van der Waals surface area contributed by atoms with Crippen molar-refractivity contribution in [2.45, 2.75) is 6.04 Å². The zero-order chi connectivity index (χ0) is 19.2. The molecule has 0 saturated heterocycles. The van der Waals surface area contributed by atoms with Crippen LogP contribution in [0.4, 0.5) is 5.69 Å². The van der Waals surface area contributed by atoms with E-state index < -0.39 is 0 Å². The van der Waals surface area contributed by atoms with E-state index in [9.17, 15) is 0 Å². The highest BCUT2D eigenvalue weighted by Gasteiger charge is 2.17. The van der Waals surface area contributed by atoms with Crippen LogP contribution in [0.2, 0.25) is 0 Å². The largest absolute Gasteiger partial charge is 0.374 e. The first-order valence-corrected chi connectivity index (χ1v) is 9.43. The van der Waals surface area contributed by atoms with E-state index in [1.165, 1.54) is 11.1 Å². The van der Waals surface area contributed by atoms with Gasteiger partial charge in [0.1, 0.15) is 0 Å². The van der Waals surface area contributed by atoms with Gasteiger partial charge in [-0.25, -0.2) is 0 Å². The van der Waals surface area contributed by atoms with E-state index in [1.54, 1.807) is 0 Å². The average Bonchev–Trinajstić information content (AvgIpc) is 2.79. The summed E-state index contributed by atoms with van der Waals surface area (Å²) in [5.74, 6) is 0. The molecule has 4 aromatic rings. The Morgan fingerprint density at radius 2 is 1.04 bits per heavy atom. The highest BCUT2D eigenvalue weighted by atomic mass is 14.9. The molecule has 0 amide bonds. The zero-order valence-corrected chi connectivity index (χ0v) is 15.5. The molecule has 0 saturated carbocycles. The first kappa shape index (κ1) is 17.7. The number of para-hydroxylation sites is 1. The highest BCUT2D eigenvalue weighted by molar-refractivity contribution is 6.14. The molecule has 4 rings (SSSR count). The minimum Gasteiger partial charge on any atom is -0.374 e. The smallest absolute Gasteiger partial charge is 0.0767 e. The maximum Gasteiger partial charge on any atom is 0.0767 e. The first-order valence-electron chi connectivity index (χ1n) is 9.43. The van der Waals surface area contributed by atoms with Gasteiger partial charge in [0.2, 0.25) is 0 Å². The van der Waals surface area contributed by atoms with Gasteiger partial charge in [0.25, 0.3) is 0 Å². The lowest BCUT2D eigenvalue weighted by Gasteiger charge is -2.23. The van der Waals surface area contributed by atoms with Crippen LogP contribution in [-0.2, 0) is 0 Å². The third-order valence-corrected chi connectivity index (χ3v) is 4.82. The Morgan fingerprint density at radius 1 is 0.571 bits per heavy atom. The van der Waals surface area contributed by atoms with Crippen LogP contribution in [0.5, 0.6) is 0 Å². The fourth-order valence-corrected chi connectivity index (χ4v) is 3.39. The summed E-state index contributed by atoms with van der Waals surface area (Å²) in [5.41, 5.74) is 5.65. The molecule has 2 heteroatoms. The van der Waals surface area contributed by atoms with E-state index in [2.05, 4.69) is 53.8 Å². The first-order chi connectivity index (χ1) is 13.8. The summed E-state index contributed by atoms with van der Waals surface area (Å²) in [6, 6.07) is 38.8. The Bertz CT molecular complexity index is 1000. The van der Waals surface area contributed by atoms with Crippen LogP contribution in [0.25, 0.3) is 0 Å². The maximum atomic E-state index is 8.73. The average molecular weight is 362 g/mol. The Labute approximate surface area is 166 Å². The predicted molar refractivity (Wildman–Crippen MR) is 117 cm³/mol. The number of nitrogens with one attached hydrogen (secondary N) is 2. The summed E-state index contributed by atoms with van der Waals surface area (Å²) in [6.07, 6.45) is 0. The molecule has 0 bridgehead atoms. The molecule has 0 atom stereocenters. The van der Waals surface area contributed by atoms with Crippen LogP contribution < -0.4 is 5.32 Å². The van der Waals surface area contributed by atoms with E-state index in [0.717, 1.165) is 16.8 Å². The number of hydrogen-bond donors (Lipinski definition) is 2. The number of rotatable bonds is 6. The molecule has 0 aliphatic rings. The summed E-state index contributed by atoms with van der Waals surface area (Å²) in [4.78, 5) is 0. The molecular weight excluding hydrogens is 340 g/mol. The quantitative estimate of drug-likeness (QED) is 0.388. The molecule has 2 N–H and O–H groups in total. The second kappa shape index (κ2) is 8.36. The third kappa shape index (κ3) is 3.86. The van der Waals surface area contributed by atoms with Crippen molar-refractivity contribution in [1.82, 2.24) is 0 Å². The van der Waals surface area contributed by atoms with Gasteiger partial charge in [-0.05, 0) is 17.2 Å². The summed E-state index contributed by atoms with van der Waals surface area (Å²) >= 11 is 0. The summed E-state index contributed by atoms with van der Waals surface area (Å²) in [5, 5.41) is 12.4. The van der Waals surface area contributed by atoms with Crippen LogP contribution >= 0.6 is 0 Å². The van der Waals surface area contributed by atoms with E-state index in [1.807, 2.05) is 66.7 Å². The van der Waals surface area contributed by atoms with Gasteiger partial charge in [-0.2, -0.15) is 0 Å². The molecule has 0 fully saturated rings. The van der Waals surface area contributed by atoms with Crippen molar-refractivity contribution < 1.29 is 0 Å². The molecule has 0 aliphatic carbocycles. The van der Waals surface area contributed by atoms with Crippen molar-refractivity contribution in [3.63, 3.8) is 0 Å². The molecule has 0 spiro atoms. The molecule has 0 radical (unpaired) electrons. The number of benzene rings is 4. The number of hydrogen-bond acceptors (Lipinski definition) is 2. The molecule has 0 heterocycles. The standard InChI is InChI=1S/C26H22N2/c27-25(20-12-4-1-5-13-20)23-18-10-11-19-24(23)28-26(21-14-6-2-7-15-21)22-16-8-3-9-17-22/h1-19,26-28H. The molecular formula is C26H22N2. The van der Waals surface area contributed by atoms with Crippen molar-refractivity contribution in [3.05, 3.63) is 138 Å². The number of anilines is 1. The topological polar surface area (TPSA) is 35.9 Å². The van der Waals surface area contributed by atoms with Crippen molar-refractivity contribution in [3.8, 4) is 0 Å². The lowest BCUT2D eigenvalue weighted by atomic mass is 9.96. The lowest BCUT2D eigenvalue weighted by molar-refractivity contribution is 0.938. The highest BCUT2D eigenvalue weighted by Crippen LogP contribution is 2.29. The fourth-order valence-electron chi connectivity index (χ4n) is 3.39. The van der Waals surface area contributed by atoms with Gasteiger partial charge in [-0.15, -0.1) is 0 Å². The van der Waals surface area contributed by atoms with Gasteiger partial charge in [0.15, 0.2) is 0 Å². The van der Waals surface area contributed by atoms with Gasteiger partial charge in [0.05, 0.1) is 11.8 Å². The Balaban J connectivity index is 1.73. The zero-order valence-electron chi connectivity index (χ0n) is 15.5. The second-order valence-corrected chi connectivity index (χ2v) is 6.69. The Morgan fingerprint density at radius 3 is 1.61 bits per heavy atom. The minimum atomic E-state index is 0.00660. The van der Waals surface area contributed by atoms with Gasteiger partial charge in [-0.3, -0.25) is 5.41 Å². The van der Waals surface area contributed by atoms with Crippen LogP contribution in [0.3, 0.4) is 0 Å². The lowest BCUT2D eigenvalue weighted by Crippen LogP contribution is -2.15. The van der Waals surface area contributed by atoms with Crippen LogP contribution in [0, 0.1) is 5.41 Å². The van der Waals surface area contributed by atoms with Crippen LogP contribution in [0.1, 0.15) is 28.3 Å². The van der Waals surface area contributed by atoms with E-state index >= 15 is 0 Å². The Hall–Kier alpha value is -3.65.